The minimum absolute atomic E-state index is 0.164. The van der Waals surface area contributed by atoms with Crippen molar-refractivity contribution in [2.75, 3.05) is 0 Å². The molecule has 1 atom stereocenters. The normalized spacial score (nSPS) is 18.1. The number of benzene rings is 1. The molecule has 1 aliphatic carbocycles. The first kappa shape index (κ1) is 12.1. The third-order valence-electron chi connectivity index (χ3n) is 3.89. The molecule has 0 bridgehead atoms. The molecule has 0 spiro atoms. The van der Waals surface area contributed by atoms with Crippen LogP contribution in [0, 0.1) is 5.92 Å². The molecule has 2 heteroatoms. The van der Waals surface area contributed by atoms with E-state index in [1.807, 2.05) is 42.6 Å². The van der Waals surface area contributed by atoms with Gasteiger partial charge in [0.1, 0.15) is 0 Å². The lowest BCUT2D eigenvalue weighted by molar-refractivity contribution is 0.0895. The molecule has 0 fully saturated rings. The van der Waals surface area contributed by atoms with Gasteiger partial charge in [0, 0.05) is 23.4 Å². The minimum Gasteiger partial charge on any atom is -0.294 e. The Hall–Kier alpha value is -1.96. The van der Waals surface area contributed by atoms with Gasteiger partial charge in [0.15, 0.2) is 5.78 Å². The highest BCUT2D eigenvalue weighted by Crippen LogP contribution is 2.28. The summed E-state index contributed by atoms with van der Waals surface area (Å²) in [6, 6.07) is 14.0. The minimum atomic E-state index is 0.164. The Morgan fingerprint density at radius 3 is 2.79 bits per heavy atom. The number of rotatable bonds is 3. The zero-order chi connectivity index (χ0) is 13.1. The second kappa shape index (κ2) is 5.35. The van der Waals surface area contributed by atoms with Gasteiger partial charge >= 0.3 is 0 Å². The van der Waals surface area contributed by atoms with Gasteiger partial charge in [-0.15, -0.1) is 0 Å². The summed E-state index contributed by atoms with van der Waals surface area (Å²) in [5.41, 5.74) is 3.22. The van der Waals surface area contributed by atoms with Crippen molar-refractivity contribution in [3.8, 4) is 0 Å². The number of pyridine rings is 1. The predicted molar refractivity (Wildman–Crippen MR) is 75.1 cm³/mol. The Morgan fingerprint density at radius 2 is 1.95 bits per heavy atom. The fourth-order valence-electron chi connectivity index (χ4n) is 2.80. The van der Waals surface area contributed by atoms with Crippen LogP contribution < -0.4 is 0 Å². The summed E-state index contributed by atoms with van der Waals surface area (Å²) in [5.74, 6) is 0.481. The van der Waals surface area contributed by atoms with Crippen molar-refractivity contribution in [2.24, 2.45) is 5.92 Å². The van der Waals surface area contributed by atoms with Crippen molar-refractivity contribution in [1.82, 2.24) is 4.98 Å². The summed E-state index contributed by atoms with van der Waals surface area (Å²) in [7, 11) is 0. The van der Waals surface area contributed by atoms with E-state index in [-0.39, 0.29) is 5.92 Å². The molecule has 1 heterocycles. The first-order chi connectivity index (χ1) is 9.34. The van der Waals surface area contributed by atoms with Crippen LogP contribution in [-0.2, 0) is 12.8 Å². The number of aryl methyl sites for hydroxylation is 2. The highest BCUT2D eigenvalue weighted by atomic mass is 16.1. The maximum Gasteiger partial charge on any atom is 0.166 e. The summed E-state index contributed by atoms with van der Waals surface area (Å²) in [6.07, 6.45) is 5.61. The van der Waals surface area contributed by atoms with Crippen LogP contribution in [0.4, 0.5) is 0 Å². The van der Waals surface area contributed by atoms with Crippen molar-refractivity contribution in [2.45, 2.75) is 25.7 Å². The number of ketones is 1. The number of carbonyl (C=O) groups excluding carboxylic acids is 1. The fraction of sp³-hybridized carbons (Fsp3) is 0.294. The predicted octanol–water partition coefficient (Wildman–Crippen LogP) is 3.46. The second-order valence-corrected chi connectivity index (χ2v) is 5.12. The monoisotopic (exact) mass is 251 g/mol. The molecule has 3 rings (SSSR count). The molecule has 0 saturated carbocycles. The van der Waals surface area contributed by atoms with Crippen LogP contribution in [0.15, 0.2) is 48.7 Å². The maximum absolute atomic E-state index is 12.4. The Labute approximate surface area is 113 Å². The Balaban J connectivity index is 1.69. The summed E-state index contributed by atoms with van der Waals surface area (Å²) >= 11 is 0. The number of hydrogen-bond donors (Lipinski definition) is 0. The Bertz CT molecular complexity index is 577. The van der Waals surface area contributed by atoms with Gasteiger partial charge in [0.25, 0.3) is 0 Å². The second-order valence-electron chi connectivity index (χ2n) is 5.12. The van der Waals surface area contributed by atoms with Gasteiger partial charge in [0.05, 0.1) is 0 Å². The van der Waals surface area contributed by atoms with E-state index in [1.165, 1.54) is 5.56 Å². The third kappa shape index (κ3) is 2.58. The number of hydrogen-bond acceptors (Lipinski definition) is 2. The van der Waals surface area contributed by atoms with E-state index in [9.17, 15) is 4.79 Å². The first-order valence-electron chi connectivity index (χ1n) is 6.86. The van der Waals surface area contributed by atoms with Gasteiger partial charge < -0.3 is 0 Å². The summed E-state index contributed by atoms with van der Waals surface area (Å²) < 4.78 is 0. The smallest absolute Gasteiger partial charge is 0.166 e. The molecule has 0 radical (unpaired) electrons. The summed E-state index contributed by atoms with van der Waals surface area (Å²) in [5, 5.41) is 0. The van der Waals surface area contributed by atoms with Crippen LogP contribution >= 0.6 is 0 Å². The third-order valence-corrected chi connectivity index (χ3v) is 3.89. The molecule has 1 aliphatic rings. The lowest BCUT2D eigenvalue weighted by atomic mass is 9.80. The molecule has 2 nitrogen and oxygen atoms in total. The molecule has 0 unspecified atom stereocenters. The maximum atomic E-state index is 12.4. The van der Waals surface area contributed by atoms with E-state index in [1.54, 1.807) is 0 Å². The topological polar surface area (TPSA) is 30.0 Å². The zero-order valence-electron chi connectivity index (χ0n) is 10.9. The molecule has 0 N–H and O–H groups in total. The highest BCUT2D eigenvalue weighted by molar-refractivity contribution is 6.00. The van der Waals surface area contributed by atoms with Crippen molar-refractivity contribution in [3.63, 3.8) is 0 Å². The quantitative estimate of drug-likeness (QED) is 0.836. The van der Waals surface area contributed by atoms with Gasteiger partial charge in [-0.1, -0.05) is 30.3 Å². The van der Waals surface area contributed by atoms with E-state index in [2.05, 4.69) is 11.1 Å². The lowest BCUT2D eigenvalue weighted by Crippen LogP contribution is -2.23. The van der Waals surface area contributed by atoms with E-state index in [4.69, 9.17) is 0 Å². The first-order valence-corrected chi connectivity index (χ1v) is 6.86. The Kier molecular flexibility index (Phi) is 3.41. The van der Waals surface area contributed by atoms with Gasteiger partial charge in [0.2, 0.25) is 0 Å². The molecular weight excluding hydrogens is 234 g/mol. The SMILES string of the molecule is O=C1c2ccccc2CC[C@@H]1CCc1ccccn1. The van der Waals surface area contributed by atoms with Gasteiger partial charge in [-0.3, -0.25) is 9.78 Å². The number of Topliss-reactive ketones (excluding diaryl/α,β-unsaturated/α-hetero) is 1. The van der Waals surface area contributed by atoms with Gasteiger partial charge in [-0.2, -0.15) is 0 Å². The molecule has 19 heavy (non-hydrogen) atoms. The van der Waals surface area contributed by atoms with Crippen LogP contribution in [0.25, 0.3) is 0 Å². The number of fused-ring (bicyclic) bond motifs is 1. The van der Waals surface area contributed by atoms with Crippen LogP contribution in [0.1, 0.15) is 34.5 Å². The fourth-order valence-corrected chi connectivity index (χ4v) is 2.80. The van der Waals surface area contributed by atoms with Crippen LogP contribution in [0.5, 0.6) is 0 Å². The van der Waals surface area contributed by atoms with E-state index < -0.39 is 0 Å². The number of nitrogens with zero attached hydrogens (tertiary/aromatic N) is 1. The lowest BCUT2D eigenvalue weighted by Gasteiger charge is -2.23. The van der Waals surface area contributed by atoms with E-state index in [0.29, 0.717) is 5.78 Å². The number of carbonyl (C=O) groups is 1. The van der Waals surface area contributed by atoms with Gasteiger partial charge in [-0.05, 0) is 43.4 Å². The summed E-state index contributed by atoms with van der Waals surface area (Å²) in [4.78, 5) is 16.7. The molecular formula is C17H17NO. The van der Waals surface area contributed by atoms with Crippen LogP contribution in [0.2, 0.25) is 0 Å². The highest BCUT2D eigenvalue weighted by Gasteiger charge is 2.26. The number of aromatic nitrogens is 1. The standard InChI is InChI=1S/C17H17NO/c19-17-14(10-11-15-6-3-4-12-18-15)9-8-13-5-1-2-7-16(13)17/h1-7,12,14H,8-11H2/t14-/m1/s1. The molecule has 0 aliphatic heterocycles. The average molecular weight is 251 g/mol. The zero-order valence-corrected chi connectivity index (χ0v) is 10.9. The largest absolute Gasteiger partial charge is 0.294 e. The van der Waals surface area contributed by atoms with Crippen LogP contribution in [0.3, 0.4) is 0 Å². The van der Waals surface area contributed by atoms with Crippen molar-refractivity contribution < 1.29 is 4.79 Å². The average Bonchev–Trinajstić information content (AvgIpc) is 2.48. The molecule has 0 saturated heterocycles. The van der Waals surface area contributed by atoms with E-state index >= 15 is 0 Å². The molecule has 1 aromatic heterocycles. The molecule has 2 aromatic rings. The van der Waals surface area contributed by atoms with Crippen molar-refractivity contribution >= 4 is 5.78 Å². The van der Waals surface area contributed by atoms with Crippen molar-refractivity contribution in [1.29, 1.82) is 0 Å². The van der Waals surface area contributed by atoms with E-state index in [0.717, 1.165) is 36.9 Å². The Morgan fingerprint density at radius 1 is 1.11 bits per heavy atom. The molecule has 96 valence electrons. The van der Waals surface area contributed by atoms with Gasteiger partial charge in [-0.25, -0.2) is 0 Å². The van der Waals surface area contributed by atoms with Crippen molar-refractivity contribution in [3.05, 3.63) is 65.5 Å². The van der Waals surface area contributed by atoms with Crippen LogP contribution in [-0.4, -0.2) is 10.8 Å². The molecule has 1 aromatic carbocycles. The summed E-state index contributed by atoms with van der Waals surface area (Å²) in [6.45, 7) is 0. The molecule has 0 amide bonds.